The second kappa shape index (κ2) is 7.01. The number of esters is 1. The molecule has 1 rings (SSSR count). The maximum Gasteiger partial charge on any atom is 0.306 e. The van der Waals surface area contributed by atoms with Gasteiger partial charge in [-0.25, -0.2) is 0 Å². The van der Waals surface area contributed by atoms with Crippen LogP contribution in [0, 0.1) is 0 Å². The zero-order chi connectivity index (χ0) is 13.5. The molecule has 0 saturated carbocycles. The Balaban J connectivity index is 2.96. The number of hydrogen-bond donors (Lipinski definition) is 1. The van der Waals surface area contributed by atoms with E-state index in [-0.39, 0.29) is 17.9 Å². The quantitative estimate of drug-likeness (QED) is 0.786. The predicted octanol–water partition coefficient (Wildman–Crippen LogP) is 2.08. The second-order valence-electron chi connectivity index (χ2n) is 4.24. The van der Waals surface area contributed by atoms with Gasteiger partial charge >= 0.3 is 5.97 Å². The number of carbonyl (C=O) groups excluding carboxylic acids is 1. The molecule has 0 bridgehead atoms. The molecule has 0 aliphatic carbocycles. The number of benzene rings is 1. The van der Waals surface area contributed by atoms with E-state index in [1.54, 1.807) is 7.11 Å². The van der Waals surface area contributed by atoms with E-state index in [2.05, 4.69) is 0 Å². The molecule has 0 aromatic heterocycles. The zero-order valence-electron chi connectivity index (χ0n) is 11.2. The minimum Gasteiger partial charge on any atom is -0.497 e. The first-order valence-electron chi connectivity index (χ1n) is 6.08. The summed E-state index contributed by atoms with van der Waals surface area (Å²) in [7, 11) is 3.01. The fourth-order valence-electron chi connectivity index (χ4n) is 1.94. The van der Waals surface area contributed by atoms with Crippen molar-refractivity contribution in [3.8, 4) is 5.75 Å². The maximum absolute atomic E-state index is 11.5. The third-order valence-electron chi connectivity index (χ3n) is 3.12. The second-order valence-corrected chi connectivity index (χ2v) is 4.24. The third kappa shape index (κ3) is 3.74. The molecule has 0 amide bonds. The van der Waals surface area contributed by atoms with Crippen molar-refractivity contribution >= 4 is 5.97 Å². The minimum atomic E-state index is -0.244. The predicted molar refractivity (Wildman–Crippen MR) is 70.6 cm³/mol. The first kappa shape index (κ1) is 14.5. The molecule has 0 heterocycles. The molecular formula is C14H21NO3. The topological polar surface area (TPSA) is 61.6 Å². The lowest BCUT2D eigenvalue weighted by atomic mass is 9.87. The summed E-state index contributed by atoms with van der Waals surface area (Å²) in [6.45, 7) is 2.01. The Morgan fingerprint density at radius 2 is 2.11 bits per heavy atom. The van der Waals surface area contributed by atoms with E-state index in [0.29, 0.717) is 6.42 Å². The molecule has 4 heteroatoms. The molecule has 18 heavy (non-hydrogen) atoms. The highest BCUT2D eigenvalue weighted by atomic mass is 16.5. The normalized spacial score (nSPS) is 13.8. The number of hydrogen-bond acceptors (Lipinski definition) is 4. The van der Waals surface area contributed by atoms with Crippen LogP contribution >= 0.6 is 0 Å². The molecule has 1 aromatic rings. The molecule has 0 saturated heterocycles. The van der Waals surface area contributed by atoms with Gasteiger partial charge < -0.3 is 15.2 Å². The lowest BCUT2D eigenvalue weighted by Gasteiger charge is -2.22. The van der Waals surface area contributed by atoms with Crippen molar-refractivity contribution in [3.05, 3.63) is 29.8 Å². The molecule has 100 valence electrons. The van der Waals surface area contributed by atoms with Crippen molar-refractivity contribution in [2.45, 2.75) is 31.7 Å². The van der Waals surface area contributed by atoms with E-state index >= 15 is 0 Å². The molecule has 1 aromatic carbocycles. The van der Waals surface area contributed by atoms with Crippen LogP contribution in [0.2, 0.25) is 0 Å². The van der Waals surface area contributed by atoms with Gasteiger partial charge in [-0.1, -0.05) is 19.1 Å². The number of rotatable bonds is 6. The number of carbonyl (C=O) groups is 1. The minimum absolute atomic E-state index is 0.0439. The Bertz CT molecular complexity index is 392. The highest BCUT2D eigenvalue weighted by Crippen LogP contribution is 2.27. The van der Waals surface area contributed by atoms with E-state index < -0.39 is 0 Å². The summed E-state index contributed by atoms with van der Waals surface area (Å²) in [4.78, 5) is 11.5. The van der Waals surface area contributed by atoms with E-state index in [4.69, 9.17) is 15.2 Å². The first-order valence-corrected chi connectivity index (χ1v) is 6.08. The summed E-state index contributed by atoms with van der Waals surface area (Å²) < 4.78 is 9.92. The molecule has 0 aliphatic heterocycles. The Labute approximate surface area is 108 Å². The number of ether oxygens (including phenoxy) is 2. The van der Waals surface area contributed by atoms with Crippen molar-refractivity contribution in [1.29, 1.82) is 0 Å². The Morgan fingerprint density at radius 3 is 2.67 bits per heavy atom. The van der Waals surface area contributed by atoms with Gasteiger partial charge in [-0.05, 0) is 24.1 Å². The fourth-order valence-corrected chi connectivity index (χ4v) is 1.94. The molecule has 2 unspecified atom stereocenters. The summed E-state index contributed by atoms with van der Waals surface area (Å²) in [6, 6.07) is 7.59. The molecule has 2 atom stereocenters. The van der Waals surface area contributed by atoms with Gasteiger partial charge in [0.2, 0.25) is 0 Å². The van der Waals surface area contributed by atoms with Crippen LogP contribution in [0.4, 0.5) is 0 Å². The van der Waals surface area contributed by atoms with Crippen molar-refractivity contribution < 1.29 is 14.3 Å². The SMILES string of the molecule is CCC(N)C(CC(=O)OC)c1cccc(OC)c1. The molecule has 0 fully saturated rings. The van der Waals surface area contributed by atoms with Crippen LogP contribution in [-0.2, 0) is 9.53 Å². The summed E-state index contributed by atoms with van der Waals surface area (Å²) in [6.07, 6.45) is 1.09. The summed E-state index contributed by atoms with van der Waals surface area (Å²) in [5.41, 5.74) is 7.10. The van der Waals surface area contributed by atoms with E-state index in [9.17, 15) is 4.79 Å². The van der Waals surface area contributed by atoms with Crippen LogP contribution < -0.4 is 10.5 Å². The van der Waals surface area contributed by atoms with Crippen molar-refractivity contribution in [3.63, 3.8) is 0 Å². The van der Waals surface area contributed by atoms with Gasteiger partial charge in [0, 0.05) is 12.0 Å². The summed E-state index contributed by atoms with van der Waals surface area (Å²) >= 11 is 0. The highest BCUT2D eigenvalue weighted by molar-refractivity contribution is 5.70. The average molecular weight is 251 g/mol. The van der Waals surface area contributed by atoms with Gasteiger partial charge in [0.15, 0.2) is 0 Å². The van der Waals surface area contributed by atoms with Crippen molar-refractivity contribution in [2.75, 3.05) is 14.2 Å². The molecular weight excluding hydrogens is 230 g/mol. The van der Waals surface area contributed by atoms with Crippen LogP contribution in [-0.4, -0.2) is 26.2 Å². The smallest absolute Gasteiger partial charge is 0.306 e. The van der Waals surface area contributed by atoms with E-state index in [1.807, 2.05) is 31.2 Å². The van der Waals surface area contributed by atoms with Crippen molar-refractivity contribution in [1.82, 2.24) is 0 Å². The highest BCUT2D eigenvalue weighted by Gasteiger charge is 2.22. The largest absolute Gasteiger partial charge is 0.497 e. The van der Waals surface area contributed by atoms with Gasteiger partial charge in [-0.15, -0.1) is 0 Å². The Morgan fingerprint density at radius 1 is 1.39 bits per heavy atom. The standard InChI is InChI=1S/C14H21NO3/c1-4-13(15)12(9-14(16)18-3)10-6-5-7-11(8-10)17-2/h5-8,12-13H,4,9,15H2,1-3H3. The lowest BCUT2D eigenvalue weighted by molar-refractivity contribution is -0.141. The summed E-state index contributed by atoms with van der Waals surface area (Å²) in [5.74, 6) is 0.481. The molecule has 0 aliphatic rings. The Hall–Kier alpha value is -1.55. The Kier molecular flexibility index (Phi) is 5.65. The van der Waals surface area contributed by atoms with Crippen LogP contribution in [0.1, 0.15) is 31.2 Å². The molecule has 2 N–H and O–H groups in total. The van der Waals surface area contributed by atoms with E-state index in [0.717, 1.165) is 17.7 Å². The van der Waals surface area contributed by atoms with E-state index in [1.165, 1.54) is 7.11 Å². The number of nitrogens with two attached hydrogens (primary N) is 1. The maximum atomic E-state index is 11.5. The molecule has 4 nitrogen and oxygen atoms in total. The lowest BCUT2D eigenvalue weighted by Crippen LogP contribution is -2.29. The monoisotopic (exact) mass is 251 g/mol. The van der Waals surface area contributed by atoms with Gasteiger partial charge in [0.05, 0.1) is 20.6 Å². The first-order chi connectivity index (χ1) is 8.62. The zero-order valence-corrected chi connectivity index (χ0v) is 11.2. The van der Waals surface area contributed by atoms with Crippen LogP contribution in [0.5, 0.6) is 5.75 Å². The van der Waals surface area contributed by atoms with Gasteiger partial charge in [-0.3, -0.25) is 4.79 Å². The van der Waals surface area contributed by atoms with Crippen LogP contribution in [0.15, 0.2) is 24.3 Å². The van der Waals surface area contributed by atoms with Crippen molar-refractivity contribution in [2.24, 2.45) is 5.73 Å². The van der Waals surface area contributed by atoms with Gasteiger partial charge in [0.1, 0.15) is 5.75 Å². The van der Waals surface area contributed by atoms with Gasteiger partial charge in [-0.2, -0.15) is 0 Å². The van der Waals surface area contributed by atoms with Crippen LogP contribution in [0.3, 0.4) is 0 Å². The fraction of sp³-hybridized carbons (Fsp3) is 0.500. The molecule has 0 radical (unpaired) electrons. The van der Waals surface area contributed by atoms with Crippen LogP contribution in [0.25, 0.3) is 0 Å². The summed E-state index contributed by atoms with van der Waals surface area (Å²) in [5, 5.41) is 0. The number of methoxy groups -OCH3 is 2. The average Bonchev–Trinajstić information content (AvgIpc) is 2.43. The third-order valence-corrected chi connectivity index (χ3v) is 3.12. The van der Waals surface area contributed by atoms with Gasteiger partial charge in [0.25, 0.3) is 0 Å². The molecule has 0 spiro atoms.